The molecule has 0 atom stereocenters. The maximum absolute atomic E-state index is 9.90. The number of halogens is 1. The van der Waals surface area contributed by atoms with Gasteiger partial charge in [0, 0.05) is 5.56 Å². The Labute approximate surface area is 144 Å². The van der Waals surface area contributed by atoms with Gasteiger partial charge in [0.2, 0.25) is 0 Å². The molecule has 0 aliphatic rings. The molecule has 0 aliphatic heterocycles. The fourth-order valence-electron chi connectivity index (χ4n) is 2.59. The van der Waals surface area contributed by atoms with Crippen molar-refractivity contribution < 1.29 is 19.1 Å². The Morgan fingerprint density at radius 3 is 2.29 bits per heavy atom. The van der Waals surface area contributed by atoms with Crippen molar-refractivity contribution in [3.8, 4) is 34.1 Å². The molecule has 0 spiro atoms. The predicted molar refractivity (Wildman–Crippen MR) is 91.4 cm³/mol. The third-order valence-corrected chi connectivity index (χ3v) is 4.06. The molecule has 2 aromatic carbocycles. The summed E-state index contributed by atoms with van der Waals surface area (Å²) in [5.74, 6) is 1.51. The topological polar surface area (TPSA) is 64.7 Å². The lowest BCUT2D eigenvalue weighted by atomic mass is 10.0. The number of methoxy groups -OCH3 is 2. The molecule has 0 saturated heterocycles. The third-order valence-electron chi connectivity index (χ3n) is 3.73. The van der Waals surface area contributed by atoms with Crippen LogP contribution in [0.2, 0.25) is 5.02 Å². The Hall–Kier alpha value is -2.50. The molecule has 0 unspecified atom stereocenters. The second-order valence-electron chi connectivity index (χ2n) is 5.01. The number of aromatic nitrogens is 1. The van der Waals surface area contributed by atoms with Crippen LogP contribution in [0.25, 0.3) is 22.6 Å². The van der Waals surface area contributed by atoms with Crippen molar-refractivity contribution in [3.05, 3.63) is 53.1 Å². The van der Waals surface area contributed by atoms with E-state index < -0.39 is 0 Å². The summed E-state index contributed by atoms with van der Waals surface area (Å²) in [6.07, 6.45) is 0. The SMILES string of the molecule is COc1cccc(OC)c1-c1onc(-c2ccccc2Cl)c1CO. The van der Waals surface area contributed by atoms with Crippen LogP contribution in [0.3, 0.4) is 0 Å². The van der Waals surface area contributed by atoms with Crippen LogP contribution in [0, 0.1) is 0 Å². The molecule has 0 radical (unpaired) electrons. The fraction of sp³-hybridized carbons (Fsp3) is 0.167. The van der Waals surface area contributed by atoms with Crippen molar-refractivity contribution in [1.82, 2.24) is 5.16 Å². The predicted octanol–water partition coefficient (Wildman–Crippen LogP) is 4.17. The number of hydrogen-bond acceptors (Lipinski definition) is 5. The molecule has 0 bridgehead atoms. The van der Waals surface area contributed by atoms with Crippen molar-refractivity contribution in [2.75, 3.05) is 14.2 Å². The van der Waals surface area contributed by atoms with Gasteiger partial charge in [0.15, 0.2) is 5.76 Å². The summed E-state index contributed by atoms with van der Waals surface area (Å²) in [7, 11) is 3.12. The maximum Gasteiger partial charge on any atom is 0.180 e. The van der Waals surface area contributed by atoms with E-state index in [-0.39, 0.29) is 6.61 Å². The van der Waals surface area contributed by atoms with Crippen LogP contribution in [0.1, 0.15) is 5.56 Å². The molecule has 124 valence electrons. The van der Waals surface area contributed by atoms with E-state index in [9.17, 15) is 5.11 Å². The number of aliphatic hydroxyl groups is 1. The second-order valence-corrected chi connectivity index (χ2v) is 5.42. The van der Waals surface area contributed by atoms with Gasteiger partial charge < -0.3 is 19.1 Å². The zero-order chi connectivity index (χ0) is 17.1. The standard InChI is InChI=1S/C18H16ClNO4/c1-22-14-8-5-9-15(23-2)16(14)18-12(10-21)17(20-24-18)11-6-3-4-7-13(11)19/h3-9,21H,10H2,1-2H3. The van der Waals surface area contributed by atoms with Crippen molar-refractivity contribution >= 4 is 11.6 Å². The molecule has 24 heavy (non-hydrogen) atoms. The molecule has 1 N–H and O–H groups in total. The average Bonchev–Trinajstić information content (AvgIpc) is 3.04. The highest BCUT2D eigenvalue weighted by Gasteiger charge is 2.25. The van der Waals surface area contributed by atoms with Gasteiger partial charge in [0.1, 0.15) is 22.8 Å². The highest BCUT2D eigenvalue weighted by Crippen LogP contribution is 2.43. The quantitative estimate of drug-likeness (QED) is 0.751. The minimum Gasteiger partial charge on any atom is -0.496 e. The van der Waals surface area contributed by atoms with Gasteiger partial charge in [-0.1, -0.05) is 41.0 Å². The monoisotopic (exact) mass is 345 g/mol. The Morgan fingerprint density at radius 2 is 1.71 bits per heavy atom. The van der Waals surface area contributed by atoms with Crippen LogP contribution in [0.5, 0.6) is 11.5 Å². The summed E-state index contributed by atoms with van der Waals surface area (Å²) in [6.45, 7) is -0.263. The first-order chi connectivity index (χ1) is 11.7. The van der Waals surface area contributed by atoms with Gasteiger partial charge in [-0.05, 0) is 18.2 Å². The lowest BCUT2D eigenvalue weighted by molar-refractivity contribution is 0.281. The number of hydrogen-bond donors (Lipinski definition) is 1. The van der Waals surface area contributed by atoms with Crippen molar-refractivity contribution in [2.24, 2.45) is 0 Å². The number of rotatable bonds is 5. The van der Waals surface area contributed by atoms with Crippen molar-refractivity contribution in [2.45, 2.75) is 6.61 Å². The summed E-state index contributed by atoms with van der Waals surface area (Å²) < 4.78 is 16.3. The fourth-order valence-corrected chi connectivity index (χ4v) is 2.82. The molecule has 0 aliphatic carbocycles. The van der Waals surface area contributed by atoms with Gasteiger partial charge in [0.25, 0.3) is 0 Å². The minimum atomic E-state index is -0.263. The smallest absolute Gasteiger partial charge is 0.180 e. The van der Waals surface area contributed by atoms with Crippen LogP contribution in [0.15, 0.2) is 47.0 Å². The van der Waals surface area contributed by atoms with Crippen molar-refractivity contribution in [1.29, 1.82) is 0 Å². The maximum atomic E-state index is 9.90. The molecule has 3 aromatic rings. The molecular weight excluding hydrogens is 330 g/mol. The average molecular weight is 346 g/mol. The molecule has 0 amide bonds. The van der Waals surface area contributed by atoms with Gasteiger partial charge in [0.05, 0.1) is 31.4 Å². The summed E-state index contributed by atoms with van der Waals surface area (Å²) in [5, 5.41) is 14.5. The van der Waals surface area contributed by atoms with Crippen LogP contribution < -0.4 is 9.47 Å². The zero-order valence-electron chi connectivity index (χ0n) is 13.2. The van der Waals surface area contributed by atoms with E-state index in [2.05, 4.69) is 5.16 Å². The van der Waals surface area contributed by atoms with Crippen LogP contribution >= 0.6 is 11.6 Å². The number of ether oxygens (including phenoxy) is 2. The molecule has 0 fully saturated rings. The summed E-state index contributed by atoms with van der Waals surface area (Å²) in [4.78, 5) is 0. The van der Waals surface area contributed by atoms with E-state index in [0.29, 0.717) is 44.7 Å². The van der Waals surface area contributed by atoms with E-state index in [1.807, 2.05) is 24.3 Å². The second kappa shape index (κ2) is 6.95. The first kappa shape index (κ1) is 16.4. The Bertz CT molecular complexity index is 838. The van der Waals surface area contributed by atoms with Crippen LogP contribution in [-0.2, 0) is 6.61 Å². The molecule has 1 heterocycles. The lowest BCUT2D eigenvalue weighted by Crippen LogP contribution is -1.95. The summed E-state index contributed by atoms with van der Waals surface area (Å²) >= 11 is 6.25. The van der Waals surface area contributed by atoms with E-state index >= 15 is 0 Å². The van der Waals surface area contributed by atoms with E-state index in [1.54, 1.807) is 32.4 Å². The van der Waals surface area contributed by atoms with E-state index in [4.69, 9.17) is 25.6 Å². The van der Waals surface area contributed by atoms with Gasteiger partial charge in [-0.25, -0.2) is 0 Å². The first-order valence-corrected chi connectivity index (χ1v) is 7.64. The molecular formula is C18H16ClNO4. The van der Waals surface area contributed by atoms with E-state index in [1.165, 1.54) is 0 Å². The Balaban J connectivity index is 2.24. The number of aliphatic hydroxyl groups excluding tert-OH is 1. The highest BCUT2D eigenvalue weighted by atomic mass is 35.5. The summed E-state index contributed by atoms with van der Waals surface area (Å²) in [5.41, 5.74) is 2.29. The van der Waals surface area contributed by atoms with Gasteiger partial charge in [-0.3, -0.25) is 0 Å². The lowest BCUT2D eigenvalue weighted by Gasteiger charge is -2.11. The van der Waals surface area contributed by atoms with Crippen molar-refractivity contribution in [3.63, 3.8) is 0 Å². The van der Waals surface area contributed by atoms with Gasteiger partial charge >= 0.3 is 0 Å². The van der Waals surface area contributed by atoms with E-state index in [0.717, 1.165) is 0 Å². The molecule has 3 rings (SSSR count). The highest BCUT2D eigenvalue weighted by molar-refractivity contribution is 6.33. The zero-order valence-corrected chi connectivity index (χ0v) is 14.0. The molecule has 0 saturated carbocycles. The number of benzene rings is 2. The molecule has 6 heteroatoms. The van der Waals surface area contributed by atoms with Gasteiger partial charge in [-0.15, -0.1) is 0 Å². The number of nitrogens with zero attached hydrogens (tertiary/aromatic N) is 1. The third kappa shape index (κ3) is 2.72. The molecule has 1 aromatic heterocycles. The first-order valence-electron chi connectivity index (χ1n) is 7.27. The minimum absolute atomic E-state index is 0.263. The Morgan fingerprint density at radius 1 is 1.04 bits per heavy atom. The molecule has 5 nitrogen and oxygen atoms in total. The Kier molecular flexibility index (Phi) is 4.74. The normalized spacial score (nSPS) is 10.7. The largest absolute Gasteiger partial charge is 0.496 e. The summed E-state index contributed by atoms with van der Waals surface area (Å²) in [6, 6.07) is 12.6. The van der Waals surface area contributed by atoms with Crippen LogP contribution in [-0.4, -0.2) is 24.5 Å². The van der Waals surface area contributed by atoms with Gasteiger partial charge in [-0.2, -0.15) is 0 Å². The van der Waals surface area contributed by atoms with Crippen LogP contribution in [0.4, 0.5) is 0 Å².